The van der Waals surface area contributed by atoms with Crippen LogP contribution in [0.5, 0.6) is 5.75 Å². The minimum Gasteiger partial charge on any atom is -0.497 e. The monoisotopic (exact) mass is 234 g/mol. The summed E-state index contributed by atoms with van der Waals surface area (Å²) in [5.41, 5.74) is 1.36. The fourth-order valence-electron chi connectivity index (χ4n) is 2.24. The van der Waals surface area contributed by atoms with Gasteiger partial charge in [-0.3, -0.25) is 0 Å². The molecule has 1 atom stereocenters. The molecule has 3 nitrogen and oxygen atoms in total. The maximum absolute atomic E-state index is 5.14. The Morgan fingerprint density at radius 1 is 1.35 bits per heavy atom. The molecule has 1 saturated heterocycles. The first kappa shape index (κ1) is 12.4. The third kappa shape index (κ3) is 4.02. The maximum atomic E-state index is 5.14. The van der Waals surface area contributed by atoms with Crippen LogP contribution in [0.15, 0.2) is 24.3 Å². The average molecular weight is 234 g/mol. The summed E-state index contributed by atoms with van der Waals surface area (Å²) < 4.78 is 5.14. The standard InChI is InChI=1S/C14H22N2O/c1-17-14-6-4-12(5-7-14)8-10-16-13-3-2-9-15-11-13/h4-7,13,15-16H,2-3,8-11H2,1H3/t13-/m0/s1. The highest BCUT2D eigenvalue weighted by atomic mass is 16.5. The van der Waals surface area contributed by atoms with Crippen LogP contribution in [0.4, 0.5) is 0 Å². The summed E-state index contributed by atoms with van der Waals surface area (Å²) in [6.07, 6.45) is 3.68. The van der Waals surface area contributed by atoms with E-state index in [9.17, 15) is 0 Å². The molecule has 2 N–H and O–H groups in total. The van der Waals surface area contributed by atoms with Crippen molar-refractivity contribution in [2.24, 2.45) is 0 Å². The molecule has 1 aliphatic heterocycles. The van der Waals surface area contributed by atoms with Gasteiger partial charge in [0.1, 0.15) is 5.75 Å². The van der Waals surface area contributed by atoms with Gasteiger partial charge >= 0.3 is 0 Å². The molecule has 1 aromatic carbocycles. The third-order valence-electron chi connectivity index (χ3n) is 3.30. The predicted molar refractivity (Wildman–Crippen MR) is 70.6 cm³/mol. The van der Waals surface area contributed by atoms with Crippen LogP contribution in [-0.2, 0) is 6.42 Å². The van der Waals surface area contributed by atoms with Crippen molar-refractivity contribution in [2.75, 3.05) is 26.7 Å². The van der Waals surface area contributed by atoms with Crippen LogP contribution in [0.2, 0.25) is 0 Å². The predicted octanol–water partition coefficient (Wildman–Crippen LogP) is 1.58. The fourth-order valence-corrected chi connectivity index (χ4v) is 2.24. The molecule has 0 aliphatic carbocycles. The van der Waals surface area contributed by atoms with Gasteiger partial charge < -0.3 is 15.4 Å². The summed E-state index contributed by atoms with van der Waals surface area (Å²) in [6, 6.07) is 8.98. The molecule has 0 radical (unpaired) electrons. The van der Waals surface area contributed by atoms with Gasteiger partial charge in [-0.2, -0.15) is 0 Å². The number of nitrogens with one attached hydrogen (secondary N) is 2. The van der Waals surface area contributed by atoms with Crippen molar-refractivity contribution < 1.29 is 4.74 Å². The molecule has 1 aliphatic rings. The van der Waals surface area contributed by atoms with E-state index >= 15 is 0 Å². The lowest BCUT2D eigenvalue weighted by Crippen LogP contribution is -2.43. The molecule has 3 heteroatoms. The van der Waals surface area contributed by atoms with Crippen molar-refractivity contribution in [3.63, 3.8) is 0 Å². The smallest absolute Gasteiger partial charge is 0.118 e. The number of ether oxygens (including phenoxy) is 1. The van der Waals surface area contributed by atoms with E-state index < -0.39 is 0 Å². The molecule has 1 heterocycles. The van der Waals surface area contributed by atoms with E-state index in [1.54, 1.807) is 7.11 Å². The Balaban J connectivity index is 1.69. The number of rotatable bonds is 5. The largest absolute Gasteiger partial charge is 0.497 e. The highest BCUT2D eigenvalue weighted by Gasteiger charge is 2.11. The number of hydrogen-bond donors (Lipinski definition) is 2. The van der Waals surface area contributed by atoms with Gasteiger partial charge in [0, 0.05) is 12.6 Å². The maximum Gasteiger partial charge on any atom is 0.118 e. The minimum atomic E-state index is 0.655. The average Bonchev–Trinajstić information content (AvgIpc) is 2.41. The summed E-state index contributed by atoms with van der Waals surface area (Å²) in [5, 5.41) is 7.02. The molecule has 1 aromatic rings. The normalized spacial score (nSPS) is 20.2. The summed E-state index contributed by atoms with van der Waals surface area (Å²) in [7, 11) is 1.70. The molecule has 17 heavy (non-hydrogen) atoms. The van der Waals surface area contributed by atoms with Crippen LogP contribution in [0.25, 0.3) is 0 Å². The molecule has 0 bridgehead atoms. The van der Waals surface area contributed by atoms with E-state index in [2.05, 4.69) is 22.8 Å². The second-order valence-corrected chi connectivity index (χ2v) is 4.60. The quantitative estimate of drug-likeness (QED) is 0.811. The molecule has 0 aromatic heterocycles. The van der Waals surface area contributed by atoms with Gasteiger partial charge in [0.05, 0.1) is 7.11 Å². The van der Waals surface area contributed by atoms with Crippen LogP contribution in [-0.4, -0.2) is 32.8 Å². The Morgan fingerprint density at radius 2 is 2.18 bits per heavy atom. The van der Waals surface area contributed by atoms with Crippen LogP contribution in [0.1, 0.15) is 18.4 Å². The van der Waals surface area contributed by atoms with Gasteiger partial charge in [-0.1, -0.05) is 12.1 Å². The summed E-state index contributed by atoms with van der Waals surface area (Å²) in [5.74, 6) is 0.929. The first-order valence-corrected chi connectivity index (χ1v) is 6.45. The second kappa shape index (κ2) is 6.62. The first-order valence-electron chi connectivity index (χ1n) is 6.45. The Morgan fingerprint density at radius 3 is 2.82 bits per heavy atom. The molecule has 0 unspecified atom stereocenters. The van der Waals surface area contributed by atoms with Crippen LogP contribution in [0.3, 0.4) is 0 Å². The van der Waals surface area contributed by atoms with Crippen LogP contribution >= 0.6 is 0 Å². The summed E-state index contributed by atoms with van der Waals surface area (Å²) in [4.78, 5) is 0. The van der Waals surface area contributed by atoms with Crippen molar-refractivity contribution in [3.05, 3.63) is 29.8 Å². The molecule has 1 fully saturated rings. The summed E-state index contributed by atoms with van der Waals surface area (Å²) in [6.45, 7) is 3.35. The van der Waals surface area contributed by atoms with E-state index in [-0.39, 0.29) is 0 Å². The van der Waals surface area contributed by atoms with Gasteiger partial charge in [-0.25, -0.2) is 0 Å². The van der Waals surface area contributed by atoms with Gasteiger partial charge in [0.2, 0.25) is 0 Å². The van der Waals surface area contributed by atoms with Gasteiger partial charge in [-0.15, -0.1) is 0 Å². The molecule has 0 spiro atoms. The van der Waals surface area contributed by atoms with E-state index in [1.807, 2.05) is 12.1 Å². The Labute approximate surface area is 104 Å². The van der Waals surface area contributed by atoms with Crippen molar-refractivity contribution in [3.8, 4) is 5.75 Å². The zero-order chi connectivity index (χ0) is 11.9. The second-order valence-electron chi connectivity index (χ2n) is 4.60. The van der Waals surface area contributed by atoms with E-state index in [0.29, 0.717) is 6.04 Å². The number of piperidine rings is 1. The number of benzene rings is 1. The van der Waals surface area contributed by atoms with E-state index in [1.165, 1.54) is 24.9 Å². The lowest BCUT2D eigenvalue weighted by molar-refractivity contribution is 0.392. The molecular weight excluding hydrogens is 212 g/mol. The van der Waals surface area contributed by atoms with E-state index in [4.69, 9.17) is 4.74 Å². The molecule has 94 valence electrons. The Hall–Kier alpha value is -1.06. The first-order chi connectivity index (χ1) is 8.38. The molecule has 0 saturated carbocycles. The zero-order valence-electron chi connectivity index (χ0n) is 10.5. The molecule has 0 amide bonds. The van der Waals surface area contributed by atoms with Crippen molar-refractivity contribution in [2.45, 2.75) is 25.3 Å². The molecule has 2 rings (SSSR count). The topological polar surface area (TPSA) is 33.3 Å². The summed E-state index contributed by atoms with van der Waals surface area (Å²) >= 11 is 0. The highest BCUT2D eigenvalue weighted by molar-refractivity contribution is 5.27. The zero-order valence-corrected chi connectivity index (χ0v) is 10.5. The SMILES string of the molecule is COc1ccc(CCN[C@H]2CCCNC2)cc1. The number of hydrogen-bond acceptors (Lipinski definition) is 3. The van der Waals surface area contributed by atoms with Gasteiger partial charge in [0.15, 0.2) is 0 Å². The van der Waals surface area contributed by atoms with Crippen molar-refractivity contribution in [1.29, 1.82) is 0 Å². The van der Waals surface area contributed by atoms with Crippen molar-refractivity contribution >= 4 is 0 Å². The van der Waals surface area contributed by atoms with Gasteiger partial charge in [-0.05, 0) is 50.0 Å². The third-order valence-corrected chi connectivity index (χ3v) is 3.30. The highest BCUT2D eigenvalue weighted by Crippen LogP contribution is 2.11. The minimum absolute atomic E-state index is 0.655. The lowest BCUT2D eigenvalue weighted by atomic mass is 10.1. The number of methoxy groups -OCH3 is 1. The Bertz CT molecular complexity index is 317. The van der Waals surface area contributed by atoms with E-state index in [0.717, 1.165) is 25.3 Å². The van der Waals surface area contributed by atoms with Crippen molar-refractivity contribution in [1.82, 2.24) is 10.6 Å². The fraction of sp³-hybridized carbons (Fsp3) is 0.571. The van der Waals surface area contributed by atoms with Crippen LogP contribution < -0.4 is 15.4 Å². The molecular formula is C14H22N2O. The lowest BCUT2D eigenvalue weighted by Gasteiger charge is -2.23. The van der Waals surface area contributed by atoms with Gasteiger partial charge in [0.25, 0.3) is 0 Å². The Kier molecular flexibility index (Phi) is 4.83. The van der Waals surface area contributed by atoms with Crippen LogP contribution in [0, 0.1) is 0 Å².